The van der Waals surface area contributed by atoms with E-state index in [1.54, 1.807) is 18.7 Å². The molecule has 24 heavy (non-hydrogen) atoms. The molecule has 5 heteroatoms. The van der Waals surface area contributed by atoms with Crippen molar-refractivity contribution in [1.82, 2.24) is 0 Å². The fourth-order valence-corrected chi connectivity index (χ4v) is 4.81. The summed E-state index contributed by atoms with van der Waals surface area (Å²) < 4.78 is 5.72. The zero-order valence-electron chi connectivity index (χ0n) is 15.2. The molecule has 1 unspecified atom stereocenters. The molecule has 0 N–H and O–H groups in total. The maximum Gasteiger partial charge on any atom is 0.320 e. The molecule has 0 aliphatic carbocycles. The molecule has 0 fully saturated rings. The van der Waals surface area contributed by atoms with Crippen LogP contribution in [0.2, 0.25) is 0 Å². The van der Waals surface area contributed by atoms with Crippen LogP contribution < -0.4 is 0 Å². The maximum atomic E-state index is 11.6. The number of esters is 1. The van der Waals surface area contributed by atoms with Crippen LogP contribution in [0.15, 0.2) is 0 Å². The molecule has 0 aliphatic rings. The third-order valence-corrected chi connectivity index (χ3v) is 6.37. The third kappa shape index (κ3) is 15.4. The number of rotatable bonds is 14. The fraction of sp³-hybridized carbons (Fsp3) is 0.789. The topological polar surface area (TPSA) is 26.3 Å². The Balaban J connectivity index is 3.43. The summed E-state index contributed by atoms with van der Waals surface area (Å²) in [7, 11) is 0. The number of thioether (sulfide) groups is 2. The van der Waals surface area contributed by atoms with Crippen LogP contribution in [0.3, 0.4) is 0 Å². The molecule has 0 radical (unpaired) electrons. The molecule has 0 aromatic heterocycles. The zero-order valence-corrected chi connectivity index (χ0v) is 17.6. The van der Waals surface area contributed by atoms with Crippen molar-refractivity contribution in [2.24, 2.45) is 0 Å². The van der Waals surface area contributed by atoms with E-state index in [4.69, 9.17) is 23.4 Å². The van der Waals surface area contributed by atoms with Crippen molar-refractivity contribution in [2.45, 2.75) is 83.3 Å². The lowest BCUT2D eigenvalue weighted by molar-refractivity contribution is -0.141. The maximum absolute atomic E-state index is 11.6. The lowest BCUT2D eigenvalue weighted by Crippen LogP contribution is -2.18. The molecule has 0 spiro atoms. The molecular formula is C19H32O2S3. The molecule has 0 rings (SSSR count). The first kappa shape index (κ1) is 23.8. The van der Waals surface area contributed by atoms with Crippen molar-refractivity contribution >= 4 is 45.2 Å². The van der Waals surface area contributed by atoms with Crippen molar-refractivity contribution in [3.05, 3.63) is 0 Å². The molecule has 0 heterocycles. The van der Waals surface area contributed by atoms with Crippen molar-refractivity contribution in [2.75, 3.05) is 12.4 Å². The van der Waals surface area contributed by atoms with Gasteiger partial charge in [-0.2, -0.15) is 0 Å². The summed E-state index contributed by atoms with van der Waals surface area (Å²) in [5, 5.41) is -0.286. The first-order valence-corrected chi connectivity index (χ1v) is 11.3. The van der Waals surface area contributed by atoms with Gasteiger partial charge in [-0.1, -0.05) is 94.6 Å². The number of ether oxygens (including phenoxy) is 1. The van der Waals surface area contributed by atoms with E-state index < -0.39 is 0 Å². The summed E-state index contributed by atoms with van der Waals surface area (Å²) in [6.45, 7) is 4.09. The van der Waals surface area contributed by atoms with Gasteiger partial charge in [-0.3, -0.25) is 4.79 Å². The average Bonchev–Trinajstić information content (AvgIpc) is 2.57. The Morgan fingerprint density at radius 2 is 1.62 bits per heavy atom. The predicted octanol–water partition coefficient (Wildman–Crippen LogP) is 6.22. The normalized spacial score (nSPS) is 11.7. The smallest absolute Gasteiger partial charge is 0.320 e. The van der Waals surface area contributed by atoms with Gasteiger partial charge in [0.25, 0.3) is 0 Å². The van der Waals surface area contributed by atoms with E-state index in [1.165, 1.54) is 76.0 Å². The minimum absolute atomic E-state index is 0.0300. The Kier molecular flexibility index (Phi) is 17.5. The van der Waals surface area contributed by atoms with Crippen LogP contribution in [0, 0.1) is 12.3 Å². The Morgan fingerprint density at radius 1 is 1.08 bits per heavy atom. The van der Waals surface area contributed by atoms with Crippen LogP contribution in [0.4, 0.5) is 0 Å². The summed E-state index contributed by atoms with van der Waals surface area (Å²) in [6.07, 6.45) is 18.5. The van der Waals surface area contributed by atoms with Crippen LogP contribution >= 0.6 is 35.7 Å². The number of hydrogen-bond donors (Lipinski definition) is 0. The van der Waals surface area contributed by atoms with Gasteiger partial charge in [-0.05, 0) is 19.1 Å². The van der Waals surface area contributed by atoms with Gasteiger partial charge in [0.15, 0.2) is 6.61 Å². The van der Waals surface area contributed by atoms with Crippen molar-refractivity contribution in [1.29, 1.82) is 0 Å². The van der Waals surface area contributed by atoms with Gasteiger partial charge in [0.2, 0.25) is 0 Å². The standard InChI is InChI=1S/C19H32O2S3/c1-4-6-7-8-9-10-11-12-13-14-16-23-19(22)24-17(3)18(20)21-15-5-2/h2,17H,4,6-16H2,1,3H3. The highest BCUT2D eigenvalue weighted by Crippen LogP contribution is 2.24. The zero-order chi connectivity index (χ0) is 18.0. The average molecular weight is 389 g/mol. The number of thiocarbonyl (C=S) groups is 1. The number of unbranched alkanes of at least 4 members (excludes halogenated alkanes) is 9. The summed E-state index contributed by atoms with van der Waals surface area (Å²) in [6, 6.07) is 0. The quantitative estimate of drug-likeness (QED) is 0.152. The second-order valence-corrected chi connectivity index (χ2v) is 9.49. The third-order valence-electron chi connectivity index (χ3n) is 3.62. The molecule has 0 saturated carbocycles. The van der Waals surface area contributed by atoms with Crippen LogP contribution in [0.1, 0.15) is 78.1 Å². The Hall–Kier alpha value is -0.180. The van der Waals surface area contributed by atoms with Crippen LogP contribution in [-0.2, 0) is 9.53 Å². The minimum Gasteiger partial charge on any atom is -0.452 e. The summed E-state index contributed by atoms with van der Waals surface area (Å²) in [4.78, 5) is 11.6. The highest BCUT2D eigenvalue weighted by atomic mass is 32.2. The van der Waals surface area contributed by atoms with E-state index in [1.807, 2.05) is 0 Å². The Labute approximate surface area is 162 Å². The highest BCUT2D eigenvalue weighted by Gasteiger charge is 2.17. The van der Waals surface area contributed by atoms with Gasteiger partial charge in [0.05, 0.1) is 0 Å². The van der Waals surface area contributed by atoms with E-state index >= 15 is 0 Å². The molecule has 0 aromatic carbocycles. The number of carbonyl (C=O) groups excluding carboxylic acids is 1. The predicted molar refractivity (Wildman–Crippen MR) is 114 cm³/mol. The summed E-state index contributed by atoms with van der Waals surface area (Å²) in [5.74, 6) is 3.04. The molecular weight excluding hydrogens is 356 g/mol. The lowest BCUT2D eigenvalue weighted by Gasteiger charge is -2.10. The number of carbonyl (C=O) groups is 1. The van der Waals surface area contributed by atoms with Gasteiger partial charge in [0, 0.05) is 0 Å². The molecule has 1 atom stereocenters. The second kappa shape index (κ2) is 17.6. The first-order chi connectivity index (χ1) is 11.6. The van der Waals surface area contributed by atoms with Crippen molar-refractivity contribution < 1.29 is 9.53 Å². The van der Waals surface area contributed by atoms with E-state index in [9.17, 15) is 4.79 Å². The highest BCUT2D eigenvalue weighted by molar-refractivity contribution is 8.47. The van der Waals surface area contributed by atoms with E-state index in [0.29, 0.717) is 0 Å². The van der Waals surface area contributed by atoms with E-state index in [2.05, 4.69) is 12.8 Å². The van der Waals surface area contributed by atoms with E-state index in [0.717, 1.165) is 9.28 Å². The Bertz CT molecular complexity index is 377. The van der Waals surface area contributed by atoms with Gasteiger partial charge < -0.3 is 4.74 Å². The van der Waals surface area contributed by atoms with Crippen molar-refractivity contribution in [3.63, 3.8) is 0 Å². The van der Waals surface area contributed by atoms with Crippen molar-refractivity contribution in [3.8, 4) is 12.3 Å². The molecule has 0 bridgehead atoms. The summed E-state index contributed by atoms with van der Waals surface area (Å²) >= 11 is 8.37. The molecule has 0 saturated heterocycles. The van der Waals surface area contributed by atoms with Crippen LogP contribution in [0.25, 0.3) is 0 Å². The van der Waals surface area contributed by atoms with E-state index in [-0.39, 0.29) is 17.8 Å². The first-order valence-electron chi connectivity index (χ1n) is 9.05. The van der Waals surface area contributed by atoms with Gasteiger partial charge >= 0.3 is 5.97 Å². The molecule has 0 aromatic rings. The molecule has 0 aliphatic heterocycles. The molecule has 0 amide bonds. The minimum atomic E-state index is -0.292. The van der Waals surface area contributed by atoms with Crippen LogP contribution in [0.5, 0.6) is 0 Å². The van der Waals surface area contributed by atoms with Gasteiger partial charge in [-0.25, -0.2) is 0 Å². The summed E-state index contributed by atoms with van der Waals surface area (Å²) in [5.41, 5.74) is 0. The number of hydrogen-bond acceptors (Lipinski definition) is 5. The van der Waals surface area contributed by atoms with Crippen LogP contribution in [-0.4, -0.2) is 27.1 Å². The lowest BCUT2D eigenvalue weighted by atomic mass is 10.1. The van der Waals surface area contributed by atoms with Gasteiger partial charge in [-0.15, -0.1) is 18.2 Å². The molecule has 2 nitrogen and oxygen atoms in total. The number of terminal acetylenes is 1. The largest absolute Gasteiger partial charge is 0.452 e. The fourth-order valence-electron chi connectivity index (χ4n) is 2.20. The second-order valence-electron chi connectivity index (χ2n) is 5.85. The SMILES string of the molecule is C#CCOC(=O)C(C)SC(=S)SCCCCCCCCCCCC. The molecule has 138 valence electrons. The Morgan fingerprint density at radius 3 is 2.17 bits per heavy atom. The monoisotopic (exact) mass is 388 g/mol. The van der Waals surface area contributed by atoms with Gasteiger partial charge in [0.1, 0.15) is 8.78 Å².